The van der Waals surface area contributed by atoms with E-state index in [9.17, 15) is 17.6 Å². The predicted octanol–water partition coefficient (Wildman–Crippen LogP) is 1.91. The third kappa shape index (κ3) is 6.41. The predicted molar refractivity (Wildman–Crippen MR) is 104 cm³/mol. The molecule has 0 radical (unpaired) electrons. The molecular weight excluding hydrogens is 393 g/mol. The Balaban J connectivity index is 0.00000261. The molecule has 1 aromatic carbocycles. The molecule has 152 valence electrons. The fourth-order valence-electron chi connectivity index (χ4n) is 3.18. The summed E-state index contributed by atoms with van der Waals surface area (Å²) < 4.78 is 40.1. The third-order valence-corrected chi connectivity index (χ3v) is 6.49. The lowest BCUT2D eigenvalue weighted by Gasteiger charge is -2.32. The topological polar surface area (TPSA) is 78.5 Å². The van der Waals surface area contributed by atoms with E-state index < -0.39 is 20.7 Å². The molecule has 1 aliphatic heterocycles. The molecule has 1 aromatic rings. The average Bonchev–Trinajstić information content (AvgIpc) is 3.45. The quantitative estimate of drug-likeness (QED) is 0.674. The highest BCUT2D eigenvalue weighted by Crippen LogP contribution is 2.28. The van der Waals surface area contributed by atoms with E-state index in [1.165, 1.54) is 31.0 Å². The Bertz CT molecular complexity index is 735. The molecule has 1 saturated carbocycles. The Labute approximate surface area is 166 Å². The lowest BCUT2D eigenvalue weighted by molar-refractivity contribution is -0.132. The number of piperidine rings is 1. The van der Waals surface area contributed by atoms with Crippen molar-refractivity contribution in [3.05, 3.63) is 30.1 Å². The highest BCUT2D eigenvalue weighted by atomic mass is 35.5. The Morgan fingerprint density at radius 1 is 1.15 bits per heavy atom. The lowest BCUT2D eigenvalue weighted by atomic mass is 10.0. The van der Waals surface area contributed by atoms with Gasteiger partial charge in [0.25, 0.3) is 0 Å². The standard InChI is InChI=1S/C18H26FN3O3S.ClH/c19-16-3-1-2-4-17(16)26(24,25)21-10-7-18(23)22-11-8-15(9-12-22)20-13-14-5-6-14;/h1-4,14-15,20-21H,5-13H2;1H. The number of hydrogen-bond donors (Lipinski definition) is 2. The minimum Gasteiger partial charge on any atom is -0.343 e. The van der Waals surface area contributed by atoms with Crippen molar-refractivity contribution in [1.29, 1.82) is 0 Å². The molecule has 1 aliphatic carbocycles. The molecule has 2 N–H and O–H groups in total. The molecule has 0 atom stereocenters. The van der Waals surface area contributed by atoms with Crippen molar-refractivity contribution >= 4 is 28.3 Å². The number of sulfonamides is 1. The van der Waals surface area contributed by atoms with Crippen molar-refractivity contribution < 1.29 is 17.6 Å². The van der Waals surface area contributed by atoms with Crippen molar-refractivity contribution in [2.75, 3.05) is 26.2 Å². The van der Waals surface area contributed by atoms with Gasteiger partial charge in [0.2, 0.25) is 15.9 Å². The Morgan fingerprint density at radius 2 is 1.81 bits per heavy atom. The first-order valence-corrected chi connectivity index (χ1v) is 10.7. The second-order valence-corrected chi connectivity index (χ2v) is 8.82. The number of rotatable bonds is 8. The summed E-state index contributed by atoms with van der Waals surface area (Å²) in [5.41, 5.74) is 0. The monoisotopic (exact) mass is 419 g/mol. The van der Waals surface area contributed by atoms with Crippen molar-refractivity contribution in [2.24, 2.45) is 5.92 Å². The Kier molecular flexibility index (Phi) is 8.03. The van der Waals surface area contributed by atoms with Crippen LogP contribution in [0.2, 0.25) is 0 Å². The number of carbonyl (C=O) groups excluding carboxylic acids is 1. The van der Waals surface area contributed by atoms with Crippen LogP contribution in [0.15, 0.2) is 29.2 Å². The number of amides is 1. The first-order valence-electron chi connectivity index (χ1n) is 9.21. The first kappa shape index (κ1) is 22.1. The summed E-state index contributed by atoms with van der Waals surface area (Å²) in [4.78, 5) is 13.7. The van der Waals surface area contributed by atoms with E-state index in [0.717, 1.165) is 31.4 Å². The van der Waals surface area contributed by atoms with Gasteiger partial charge in [-0.25, -0.2) is 17.5 Å². The van der Waals surface area contributed by atoms with Crippen LogP contribution < -0.4 is 10.0 Å². The molecule has 0 bridgehead atoms. The van der Waals surface area contributed by atoms with Gasteiger partial charge in [0, 0.05) is 32.1 Å². The van der Waals surface area contributed by atoms with Crippen LogP contribution in [0.4, 0.5) is 4.39 Å². The molecule has 9 heteroatoms. The van der Waals surface area contributed by atoms with Crippen molar-refractivity contribution in [1.82, 2.24) is 14.9 Å². The number of carbonyl (C=O) groups is 1. The number of likely N-dealkylation sites (tertiary alicyclic amines) is 1. The van der Waals surface area contributed by atoms with Crippen LogP contribution in [0.3, 0.4) is 0 Å². The average molecular weight is 420 g/mol. The SMILES string of the molecule is Cl.O=C(CCNS(=O)(=O)c1ccccc1F)N1CCC(NCC2CC2)CC1. The van der Waals surface area contributed by atoms with Crippen LogP contribution in [0, 0.1) is 11.7 Å². The van der Waals surface area contributed by atoms with E-state index in [-0.39, 0.29) is 31.3 Å². The minimum absolute atomic E-state index is 0. The van der Waals surface area contributed by atoms with Crippen LogP contribution in [0.5, 0.6) is 0 Å². The van der Waals surface area contributed by atoms with E-state index in [2.05, 4.69) is 10.0 Å². The van der Waals surface area contributed by atoms with Crippen LogP contribution >= 0.6 is 12.4 Å². The molecule has 0 aromatic heterocycles. The number of benzene rings is 1. The van der Waals surface area contributed by atoms with E-state index in [1.807, 2.05) is 0 Å². The zero-order valence-corrected chi connectivity index (χ0v) is 16.8. The van der Waals surface area contributed by atoms with Crippen molar-refractivity contribution in [3.8, 4) is 0 Å². The zero-order valence-electron chi connectivity index (χ0n) is 15.2. The number of hydrogen-bond acceptors (Lipinski definition) is 4. The highest BCUT2D eigenvalue weighted by molar-refractivity contribution is 7.89. The molecule has 6 nitrogen and oxygen atoms in total. The molecular formula is C18H27ClFN3O3S. The Morgan fingerprint density at radius 3 is 2.44 bits per heavy atom. The molecule has 1 heterocycles. The maximum Gasteiger partial charge on any atom is 0.243 e. The first-order chi connectivity index (χ1) is 12.5. The van der Waals surface area contributed by atoms with Gasteiger partial charge < -0.3 is 10.2 Å². The van der Waals surface area contributed by atoms with Gasteiger partial charge in [-0.3, -0.25) is 4.79 Å². The van der Waals surface area contributed by atoms with Crippen LogP contribution in [0.25, 0.3) is 0 Å². The molecule has 1 amide bonds. The molecule has 3 rings (SSSR count). The second kappa shape index (κ2) is 9.82. The van der Waals surface area contributed by atoms with Crippen LogP contribution in [-0.2, 0) is 14.8 Å². The summed E-state index contributed by atoms with van der Waals surface area (Å²) in [6.45, 7) is 2.44. The van der Waals surface area contributed by atoms with E-state index >= 15 is 0 Å². The highest BCUT2D eigenvalue weighted by Gasteiger charge is 2.26. The van der Waals surface area contributed by atoms with Crippen molar-refractivity contribution in [2.45, 2.75) is 43.0 Å². The number of nitrogens with one attached hydrogen (secondary N) is 2. The summed E-state index contributed by atoms with van der Waals surface area (Å²) in [5.74, 6) is -0.0221. The minimum atomic E-state index is -3.94. The smallest absolute Gasteiger partial charge is 0.243 e. The number of halogens is 2. The molecule has 2 fully saturated rings. The summed E-state index contributed by atoms with van der Waals surface area (Å²) in [6.07, 6.45) is 4.59. The second-order valence-electron chi connectivity index (χ2n) is 7.08. The van der Waals surface area contributed by atoms with Gasteiger partial charge in [-0.1, -0.05) is 12.1 Å². The summed E-state index contributed by atoms with van der Waals surface area (Å²) in [7, 11) is -3.94. The Hall–Kier alpha value is -1.22. The van der Waals surface area contributed by atoms with Gasteiger partial charge in [0.1, 0.15) is 10.7 Å². The van der Waals surface area contributed by atoms with Gasteiger partial charge in [0.15, 0.2) is 0 Å². The van der Waals surface area contributed by atoms with E-state index in [4.69, 9.17) is 0 Å². The summed E-state index contributed by atoms with van der Waals surface area (Å²) in [6, 6.07) is 5.67. The molecule has 0 spiro atoms. The van der Waals surface area contributed by atoms with Gasteiger partial charge in [-0.05, 0) is 50.3 Å². The van der Waals surface area contributed by atoms with Gasteiger partial charge in [0.05, 0.1) is 0 Å². The summed E-state index contributed by atoms with van der Waals surface area (Å²) in [5, 5.41) is 3.56. The van der Waals surface area contributed by atoms with Gasteiger partial charge >= 0.3 is 0 Å². The van der Waals surface area contributed by atoms with Crippen molar-refractivity contribution in [3.63, 3.8) is 0 Å². The lowest BCUT2D eigenvalue weighted by Crippen LogP contribution is -2.46. The molecule has 1 saturated heterocycles. The third-order valence-electron chi connectivity index (χ3n) is 5.00. The normalized spacial score (nSPS) is 18.2. The molecule has 27 heavy (non-hydrogen) atoms. The zero-order chi connectivity index (χ0) is 18.6. The fourth-order valence-corrected chi connectivity index (χ4v) is 4.29. The van der Waals surface area contributed by atoms with E-state index in [1.54, 1.807) is 4.90 Å². The fraction of sp³-hybridized carbons (Fsp3) is 0.611. The summed E-state index contributed by atoms with van der Waals surface area (Å²) >= 11 is 0. The van der Waals surface area contributed by atoms with Crippen LogP contribution in [-0.4, -0.2) is 51.4 Å². The van der Waals surface area contributed by atoms with Gasteiger partial charge in [-0.15, -0.1) is 12.4 Å². The van der Waals surface area contributed by atoms with Crippen LogP contribution in [0.1, 0.15) is 32.1 Å². The molecule has 0 unspecified atom stereocenters. The van der Waals surface area contributed by atoms with E-state index in [0.29, 0.717) is 19.1 Å². The van der Waals surface area contributed by atoms with Gasteiger partial charge in [-0.2, -0.15) is 0 Å². The largest absolute Gasteiger partial charge is 0.343 e. The maximum absolute atomic E-state index is 13.6. The number of nitrogens with zero attached hydrogens (tertiary/aromatic N) is 1. The maximum atomic E-state index is 13.6. The molecule has 2 aliphatic rings.